The zero-order chi connectivity index (χ0) is 18.3. The molecule has 0 fully saturated rings. The van der Waals surface area contributed by atoms with Gasteiger partial charge in [-0.25, -0.2) is 14.3 Å². The lowest BCUT2D eigenvalue weighted by molar-refractivity contribution is 0.0694. The molecule has 0 spiro atoms. The Labute approximate surface area is 151 Å². The number of carbonyl (C=O) groups is 1. The number of hydrogen-bond acceptors (Lipinski definition) is 5. The summed E-state index contributed by atoms with van der Waals surface area (Å²) in [6.45, 7) is 0. The second kappa shape index (κ2) is 6.16. The number of hydrogen-bond donors (Lipinski definition) is 2. The molecule has 7 nitrogen and oxygen atoms in total. The summed E-state index contributed by atoms with van der Waals surface area (Å²) < 4.78 is 6.75. The van der Waals surface area contributed by atoms with Crippen molar-refractivity contribution in [3.8, 4) is 27.3 Å². The smallest absolute Gasteiger partial charge is 0.343 e. The summed E-state index contributed by atoms with van der Waals surface area (Å²) >= 11 is 1.47. The molecule has 0 aliphatic rings. The number of carboxylic acids is 1. The predicted molar refractivity (Wildman–Crippen MR) is 98.1 cm³/mol. The van der Waals surface area contributed by atoms with Gasteiger partial charge in [0.05, 0.1) is 17.6 Å². The first-order valence-corrected chi connectivity index (χ1v) is 8.53. The van der Waals surface area contributed by atoms with E-state index in [0.717, 1.165) is 26.7 Å². The number of carboxylic acid groups (broad SMARTS) is 1. The molecule has 0 saturated carbocycles. The first-order valence-electron chi connectivity index (χ1n) is 7.65. The van der Waals surface area contributed by atoms with E-state index in [1.54, 1.807) is 13.3 Å². The number of rotatable bonds is 4. The highest BCUT2D eigenvalue weighted by Gasteiger charge is 2.21. The van der Waals surface area contributed by atoms with Crippen LogP contribution in [0.4, 0.5) is 0 Å². The number of nitrogens with zero attached hydrogens (tertiary/aromatic N) is 2. The summed E-state index contributed by atoms with van der Waals surface area (Å²) in [6, 6.07) is 9.83. The van der Waals surface area contributed by atoms with Crippen molar-refractivity contribution in [2.45, 2.75) is 0 Å². The van der Waals surface area contributed by atoms with Gasteiger partial charge in [-0.15, -0.1) is 11.3 Å². The van der Waals surface area contributed by atoms with Crippen LogP contribution in [0.25, 0.3) is 27.2 Å². The lowest BCUT2D eigenvalue weighted by Crippen LogP contribution is -2.22. The maximum absolute atomic E-state index is 12.3. The van der Waals surface area contributed by atoms with Crippen molar-refractivity contribution in [3.05, 3.63) is 64.0 Å². The van der Waals surface area contributed by atoms with Crippen LogP contribution in [-0.2, 0) is 0 Å². The third kappa shape index (κ3) is 2.39. The number of aromatic carboxylic acids is 1. The molecule has 130 valence electrons. The maximum Gasteiger partial charge on any atom is 0.343 e. The molecule has 3 aromatic heterocycles. The van der Waals surface area contributed by atoms with Crippen molar-refractivity contribution in [2.75, 3.05) is 7.11 Å². The van der Waals surface area contributed by atoms with Gasteiger partial charge in [0, 0.05) is 23.3 Å². The number of aromatic nitrogens is 3. The molecule has 1 aromatic carbocycles. The van der Waals surface area contributed by atoms with Crippen LogP contribution in [0.2, 0.25) is 0 Å². The summed E-state index contributed by atoms with van der Waals surface area (Å²) in [5, 5.41) is 13.8. The van der Waals surface area contributed by atoms with Crippen molar-refractivity contribution in [3.63, 3.8) is 0 Å². The molecule has 0 bridgehead atoms. The van der Waals surface area contributed by atoms with Gasteiger partial charge in [0.2, 0.25) is 0 Å². The third-order valence-electron chi connectivity index (χ3n) is 4.05. The van der Waals surface area contributed by atoms with Crippen LogP contribution < -0.4 is 10.3 Å². The number of H-pyrrole nitrogens is 1. The van der Waals surface area contributed by atoms with Gasteiger partial charge in [0.15, 0.2) is 5.65 Å². The molecular weight excluding hydrogens is 354 g/mol. The molecule has 0 atom stereocenters. The van der Waals surface area contributed by atoms with Crippen molar-refractivity contribution >= 4 is 23.0 Å². The van der Waals surface area contributed by atoms with Crippen molar-refractivity contribution in [1.29, 1.82) is 0 Å². The number of fused-ring (bicyclic) bond motifs is 1. The fourth-order valence-corrected chi connectivity index (χ4v) is 3.88. The SMILES string of the molecule is COc1c(-c2ccccc2)csc1-c1c[nH]n2c(=O)c(C(=O)O)cnc12. The Morgan fingerprint density at radius 3 is 2.73 bits per heavy atom. The van der Waals surface area contributed by atoms with Gasteiger partial charge < -0.3 is 9.84 Å². The maximum atomic E-state index is 12.3. The summed E-state index contributed by atoms with van der Waals surface area (Å²) in [4.78, 5) is 28.4. The van der Waals surface area contributed by atoms with Crippen LogP contribution >= 0.6 is 11.3 Å². The Bertz CT molecular complexity index is 1170. The van der Waals surface area contributed by atoms with E-state index in [0.29, 0.717) is 17.0 Å². The Morgan fingerprint density at radius 1 is 1.27 bits per heavy atom. The average molecular weight is 367 g/mol. The van der Waals surface area contributed by atoms with E-state index in [-0.39, 0.29) is 5.56 Å². The molecule has 26 heavy (non-hydrogen) atoms. The molecule has 0 aliphatic heterocycles. The first kappa shape index (κ1) is 16.1. The average Bonchev–Trinajstić information content (AvgIpc) is 3.26. The van der Waals surface area contributed by atoms with Gasteiger partial charge in [-0.2, -0.15) is 0 Å². The monoisotopic (exact) mass is 367 g/mol. The third-order valence-corrected chi connectivity index (χ3v) is 5.04. The largest absolute Gasteiger partial charge is 0.495 e. The molecule has 4 rings (SSSR count). The van der Waals surface area contributed by atoms with Crippen LogP contribution in [0.1, 0.15) is 10.4 Å². The summed E-state index contributed by atoms with van der Waals surface area (Å²) in [6.07, 6.45) is 2.70. The van der Waals surface area contributed by atoms with Gasteiger partial charge in [-0.3, -0.25) is 9.89 Å². The van der Waals surface area contributed by atoms with Gasteiger partial charge in [-0.1, -0.05) is 30.3 Å². The second-order valence-corrected chi connectivity index (χ2v) is 6.39. The van der Waals surface area contributed by atoms with E-state index in [4.69, 9.17) is 9.84 Å². The summed E-state index contributed by atoms with van der Waals surface area (Å²) in [5.74, 6) is -0.632. The quantitative estimate of drug-likeness (QED) is 0.578. The molecule has 0 unspecified atom stereocenters. The number of aromatic amines is 1. The number of methoxy groups -OCH3 is 1. The fraction of sp³-hybridized carbons (Fsp3) is 0.0556. The Hall–Kier alpha value is -3.39. The van der Waals surface area contributed by atoms with Crippen LogP contribution in [0.3, 0.4) is 0 Å². The van der Waals surface area contributed by atoms with Gasteiger partial charge >= 0.3 is 5.97 Å². The summed E-state index contributed by atoms with van der Waals surface area (Å²) in [5.41, 5.74) is 1.93. The molecule has 0 aliphatic carbocycles. The number of benzene rings is 1. The minimum absolute atomic E-state index is 0.347. The molecule has 4 aromatic rings. The van der Waals surface area contributed by atoms with Crippen molar-refractivity contribution < 1.29 is 14.6 Å². The predicted octanol–water partition coefficient (Wildman–Crippen LogP) is 3.12. The number of nitrogens with one attached hydrogen (secondary N) is 1. The van der Waals surface area contributed by atoms with Gasteiger partial charge in [0.25, 0.3) is 5.56 Å². The highest BCUT2D eigenvalue weighted by molar-refractivity contribution is 7.14. The lowest BCUT2D eigenvalue weighted by atomic mass is 10.1. The van der Waals surface area contributed by atoms with Gasteiger partial charge in [0.1, 0.15) is 11.3 Å². The van der Waals surface area contributed by atoms with Crippen LogP contribution in [-0.4, -0.2) is 32.8 Å². The standard InChI is InChI=1S/C18H13N3O4S/c1-25-14-13(10-5-3-2-4-6-10)9-26-15(14)11-8-20-21-16(11)19-7-12(17(21)22)18(23)24/h2-9,20H,1H3,(H,23,24). The molecular formula is C18H13N3O4S. The van der Waals surface area contributed by atoms with Crippen LogP contribution in [0.15, 0.2) is 52.9 Å². The zero-order valence-electron chi connectivity index (χ0n) is 13.6. The molecule has 3 heterocycles. The molecule has 0 saturated heterocycles. The molecule has 2 N–H and O–H groups in total. The van der Waals surface area contributed by atoms with E-state index in [1.165, 1.54) is 11.3 Å². The lowest BCUT2D eigenvalue weighted by Gasteiger charge is -2.06. The highest BCUT2D eigenvalue weighted by atomic mass is 32.1. The van der Waals surface area contributed by atoms with E-state index >= 15 is 0 Å². The summed E-state index contributed by atoms with van der Waals surface area (Å²) in [7, 11) is 1.59. The van der Waals surface area contributed by atoms with Crippen molar-refractivity contribution in [2.24, 2.45) is 0 Å². The number of thiophene rings is 1. The first-order chi connectivity index (χ1) is 12.6. The topological polar surface area (TPSA) is 96.7 Å². The Kier molecular flexibility index (Phi) is 3.81. The van der Waals surface area contributed by atoms with Gasteiger partial charge in [-0.05, 0) is 5.56 Å². The minimum Gasteiger partial charge on any atom is -0.495 e. The van der Waals surface area contributed by atoms with E-state index in [9.17, 15) is 9.59 Å². The highest BCUT2D eigenvalue weighted by Crippen LogP contribution is 2.44. The molecule has 0 amide bonds. The normalized spacial score (nSPS) is 11.0. The van der Waals surface area contributed by atoms with E-state index in [1.807, 2.05) is 35.7 Å². The minimum atomic E-state index is -1.31. The van der Waals surface area contributed by atoms with Crippen LogP contribution in [0.5, 0.6) is 5.75 Å². The number of ether oxygens (including phenoxy) is 1. The van der Waals surface area contributed by atoms with E-state index in [2.05, 4.69) is 10.1 Å². The molecule has 0 radical (unpaired) electrons. The van der Waals surface area contributed by atoms with Crippen molar-refractivity contribution in [1.82, 2.24) is 14.6 Å². The Morgan fingerprint density at radius 2 is 2.04 bits per heavy atom. The zero-order valence-corrected chi connectivity index (χ0v) is 14.4. The molecule has 8 heteroatoms. The Balaban J connectivity index is 1.92. The second-order valence-electron chi connectivity index (χ2n) is 5.51. The van der Waals surface area contributed by atoms with Crippen LogP contribution in [0, 0.1) is 0 Å². The van der Waals surface area contributed by atoms with E-state index < -0.39 is 11.5 Å². The fourth-order valence-electron chi connectivity index (χ4n) is 2.82.